The maximum absolute atomic E-state index is 10.2. The first-order valence-electron chi connectivity index (χ1n) is 5.81. The van der Waals surface area contributed by atoms with Crippen molar-refractivity contribution < 1.29 is 9.84 Å². The van der Waals surface area contributed by atoms with E-state index in [0.29, 0.717) is 6.61 Å². The molecule has 1 aliphatic heterocycles. The second-order valence-electron chi connectivity index (χ2n) is 4.58. The standard InChI is InChI=1S/C13H19NO2/c1-11-2-4-12(5-3-11)16-10-13(15)6-8-14-9-7-13/h2-5,14-15H,6-10H2,1H3. The van der Waals surface area contributed by atoms with E-state index in [2.05, 4.69) is 5.32 Å². The molecule has 2 N–H and O–H groups in total. The highest BCUT2D eigenvalue weighted by molar-refractivity contribution is 5.26. The van der Waals surface area contributed by atoms with Gasteiger partial charge in [0.05, 0.1) is 0 Å². The van der Waals surface area contributed by atoms with Crippen LogP contribution in [0.4, 0.5) is 0 Å². The lowest BCUT2D eigenvalue weighted by molar-refractivity contribution is -0.0286. The zero-order valence-corrected chi connectivity index (χ0v) is 9.70. The third-order valence-electron chi connectivity index (χ3n) is 3.06. The summed E-state index contributed by atoms with van der Waals surface area (Å²) >= 11 is 0. The first-order valence-corrected chi connectivity index (χ1v) is 5.81. The number of hydrogen-bond acceptors (Lipinski definition) is 3. The zero-order chi connectivity index (χ0) is 11.4. The molecule has 0 amide bonds. The van der Waals surface area contributed by atoms with Crippen LogP contribution < -0.4 is 10.1 Å². The van der Waals surface area contributed by atoms with Gasteiger partial charge in [-0.15, -0.1) is 0 Å². The fourth-order valence-electron chi connectivity index (χ4n) is 1.89. The van der Waals surface area contributed by atoms with E-state index in [1.165, 1.54) is 5.56 Å². The van der Waals surface area contributed by atoms with Crippen molar-refractivity contribution in [1.82, 2.24) is 5.32 Å². The number of aryl methyl sites for hydroxylation is 1. The normalized spacial score (nSPS) is 19.4. The molecule has 1 aromatic rings. The molecule has 3 nitrogen and oxygen atoms in total. The van der Waals surface area contributed by atoms with E-state index in [4.69, 9.17) is 4.74 Å². The minimum atomic E-state index is -0.657. The van der Waals surface area contributed by atoms with Crippen molar-refractivity contribution in [2.45, 2.75) is 25.4 Å². The van der Waals surface area contributed by atoms with E-state index in [1.54, 1.807) is 0 Å². The summed E-state index contributed by atoms with van der Waals surface area (Å²) in [5, 5.41) is 13.5. The lowest BCUT2D eigenvalue weighted by atomic mass is 9.93. The molecular formula is C13H19NO2. The number of hydrogen-bond donors (Lipinski definition) is 2. The van der Waals surface area contributed by atoms with Crippen molar-refractivity contribution in [3.8, 4) is 5.75 Å². The molecule has 0 radical (unpaired) electrons. The second-order valence-corrected chi connectivity index (χ2v) is 4.58. The minimum Gasteiger partial charge on any atom is -0.491 e. The summed E-state index contributed by atoms with van der Waals surface area (Å²) in [7, 11) is 0. The van der Waals surface area contributed by atoms with Crippen molar-refractivity contribution >= 4 is 0 Å². The van der Waals surface area contributed by atoms with Crippen LogP contribution in [-0.4, -0.2) is 30.4 Å². The molecule has 0 aromatic heterocycles. The highest BCUT2D eigenvalue weighted by atomic mass is 16.5. The molecule has 2 rings (SSSR count). The van der Waals surface area contributed by atoms with E-state index >= 15 is 0 Å². The van der Waals surface area contributed by atoms with Crippen molar-refractivity contribution in [2.75, 3.05) is 19.7 Å². The van der Waals surface area contributed by atoms with Gasteiger partial charge in [0, 0.05) is 0 Å². The Morgan fingerprint density at radius 1 is 1.25 bits per heavy atom. The summed E-state index contributed by atoms with van der Waals surface area (Å²) in [5.41, 5.74) is 0.559. The van der Waals surface area contributed by atoms with Crippen LogP contribution in [0.3, 0.4) is 0 Å². The van der Waals surface area contributed by atoms with E-state index in [9.17, 15) is 5.11 Å². The van der Waals surface area contributed by atoms with E-state index in [0.717, 1.165) is 31.7 Å². The first kappa shape index (κ1) is 11.4. The first-order chi connectivity index (χ1) is 7.68. The second kappa shape index (κ2) is 4.85. The van der Waals surface area contributed by atoms with Crippen LogP contribution in [0, 0.1) is 6.92 Å². The number of ether oxygens (including phenoxy) is 1. The average Bonchev–Trinajstić information content (AvgIpc) is 2.29. The van der Waals surface area contributed by atoms with Gasteiger partial charge >= 0.3 is 0 Å². The van der Waals surface area contributed by atoms with Crippen molar-refractivity contribution in [1.29, 1.82) is 0 Å². The summed E-state index contributed by atoms with van der Waals surface area (Å²) in [6.07, 6.45) is 1.53. The fourth-order valence-corrected chi connectivity index (χ4v) is 1.89. The third-order valence-corrected chi connectivity index (χ3v) is 3.06. The van der Waals surface area contributed by atoms with Gasteiger partial charge in [-0.25, -0.2) is 0 Å². The monoisotopic (exact) mass is 221 g/mol. The fraction of sp³-hybridized carbons (Fsp3) is 0.538. The Morgan fingerprint density at radius 2 is 1.88 bits per heavy atom. The molecule has 0 atom stereocenters. The third kappa shape index (κ3) is 2.97. The molecule has 0 unspecified atom stereocenters. The van der Waals surface area contributed by atoms with Gasteiger partial charge in [0.25, 0.3) is 0 Å². The molecule has 1 heterocycles. The SMILES string of the molecule is Cc1ccc(OCC2(O)CCNCC2)cc1. The van der Waals surface area contributed by atoms with Crippen LogP contribution in [0.25, 0.3) is 0 Å². The number of rotatable bonds is 3. The predicted octanol–water partition coefficient (Wildman–Crippen LogP) is 1.49. The Kier molecular flexibility index (Phi) is 3.46. The maximum Gasteiger partial charge on any atom is 0.119 e. The predicted molar refractivity (Wildman–Crippen MR) is 63.7 cm³/mol. The lowest BCUT2D eigenvalue weighted by Gasteiger charge is -2.32. The highest BCUT2D eigenvalue weighted by Crippen LogP contribution is 2.20. The zero-order valence-electron chi connectivity index (χ0n) is 9.70. The smallest absolute Gasteiger partial charge is 0.119 e. The minimum absolute atomic E-state index is 0.387. The molecule has 1 fully saturated rings. The maximum atomic E-state index is 10.2. The van der Waals surface area contributed by atoms with Gasteiger partial charge in [0.2, 0.25) is 0 Å². The molecule has 1 aliphatic rings. The Labute approximate surface area is 96.4 Å². The van der Waals surface area contributed by atoms with E-state index < -0.39 is 5.60 Å². The summed E-state index contributed by atoms with van der Waals surface area (Å²) < 4.78 is 5.63. The molecule has 0 spiro atoms. The van der Waals surface area contributed by atoms with Gasteiger partial charge in [-0.1, -0.05) is 17.7 Å². The molecule has 0 saturated carbocycles. The highest BCUT2D eigenvalue weighted by Gasteiger charge is 2.29. The van der Waals surface area contributed by atoms with Gasteiger partial charge < -0.3 is 15.2 Å². The molecule has 1 aromatic carbocycles. The van der Waals surface area contributed by atoms with Crippen LogP contribution in [0.5, 0.6) is 5.75 Å². The summed E-state index contributed by atoms with van der Waals surface area (Å²) in [4.78, 5) is 0. The van der Waals surface area contributed by atoms with Crippen LogP contribution in [0.2, 0.25) is 0 Å². The average molecular weight is 221 g/mol. The summed E-state index contributed by atoms with van der Waals surface area (Å²) in [6.45, 7) is 4.17. The van der Waals surface area contributed by atoms with Crippen LogP contribution in [0.15, 0.2) is 24.3 Å². The Bertz CT molecular complexity index is 328. The topological polar surface area (TPSA) is 41.5 Å². The van der Waals surface area contributed by atoms with Crippen molar-refractivity contribution in [3.05, 3.63) is 29.8 Å². The molecule has 1 saturated heterocycles. The van der Waals surface area contributed by atoms with Gasteiger partial charge in [0.15, 0.2) is 0 Å². The molecule has 3 heteroatoms. The van der Waals surface area contributed by atoms with Crippen LogP contribution in [-0.2, 0) is 0 Å². The summed E-state index contributed by atoms with van der Waals surface area (Å²) in [5.74, 6) is 0.831. The van der Waals surface area contributed by atoms with Crippen LogP contribution >= 0.6 is 0 Å². The van der Waals surface area contributed by atoms with Gasteiger partial charge in [-0.3, -0.25) is 0 Å². The molecular weight excluding hydrogens is 202 g/mol. The molecule has 0 aliphatic carbocycles. The van der Waals surface area contributed by atoms with Crippen molar-refractivity contribution in [2.24, 2.45) is 0 Å². The largest absolute Gasteiger partial charge is 0.491 e. The molecule has 0 bridgehead atoms. The lowest BCUT2D eigenvalue weighted by Crippen LogP contribution is -2.45. The van der Waals surface area contributed by atoms with Gasteiger partial charge in [-0.05, 0) is 45.0 Å². The quantitative estimate of drug-likeness (QED) is 0.812. The number of aliphatic hydroxyl groups is 1. The Balaban J connectivity index is 1.88. The van der Waals surface area contributed by atoms with Crippen LogP contribution in [0.1, 0.15) is 18.4 Å². The molecule has 88 valence electrons. The number of benzene rings is 1. The Hall–Kier alpha value is -1.06. The van der Waals surface area contributed by atoms with Gasteiger partial charge in [-0.2, -0.15) is 0 Å². The van der Waals surface area contributed by atoms with E-state index in [-0.39, 0.29) is 0 Å². The molecule has 16 heavy (non-hydrogen) atoms. The Morgan fingerprint density at radius 3 is 2.50 bits per heavy atom. The van der Waals surface area contributed by atoms with E-state index in [1.807, 2.05) is 31.2 Å². The van der Waals surface area contributed by atoms with Gasteiger partial charge in [0.1, 0.15) is 18.0 Å². The summed E-state index contributed by atoms with van der Waals surface area (Å²) in [6, 6.07) is 7.92. The van der Waals surface area contributed by atoms with Crippen molar-refractivity contribution in [3.63, 3.8) is 0 Å². The number of nitrogens with one attached hydrogen (secondary N) is 1. The number of piperidine rings is 1.